The summed E-state index contributed by atoms with van der Waals surface area (Å²) in [7, 11) is -0.605. The summed E-state index contributed by atoms with van der Waals surface area (Å²) in [6, 6.07) is 11.9. The number of hydrogen-bond acceptors (Lipinski definition) is 4. The minimum Gasteiger partial charge on any atom is -0.497 e. The number of nitrogens with zero attached hydrogens (tertiary/aromatic N) is 1. The Morgan fingerprint density at radius 2 is 1.65 bits per heavy atom. The molecule has 2 aromatic rings. The van der Waals surface area contributed by atoms with E-state index in [2.05, 4.69) is 0 Å². The van der Waals surface area contributed by atoms with Crippen LogP contribution in [-0.4, -0.2) is 29.2 Å². The predicted octanol–water partition coefficient (Wildman–Crippen LogP) is 3.23. The third-order valence-corrected chi connectivity index (χ3v) is 5.45. The van der Waals surface area contributed by atoms with Crippen LogP contribution in [0.2, 0.25) is 0 Å². The van der Waals surface area contributed by atoms with Crippen molar-refractivity contribution in [1.82, 2.24) is 0 Å². The molecule has 0 atom stereocenters. The number of sulfonamides is 1. The van der Waals surface area contributed by atoms with Crippen LogP contribution in [0.4, 0.5) is 5.69 Å². The van der Waals surface area contributed by atoms with Crippen molar-refractivity contribution in [3.63, 3.8) is 0 Å². The Balaban J connectivity index is 2.52. The van der Waals surface area contributed by atoms with E-state index in [0.29, 0.717) is 23.7 Å². The molecule has 0 amide bonds. The van der Waals surface area contributed by atoms with Crippen LogP contribution in [-0.2, 0) is 10.0 Å². The molecule has 0 saturated carbocycles. The SMILES string of the molecule is CCN(c1ccc(OC)cc1OC)S(=O)(=O)c1ccc(C)cc1. The van der Waals surface area contributed by atoms with Crippen molar-refractivity contribution >= 4 is 15.7 Å². The van der Waals surface area contributed by atoms with Gasteiger partial charge in [-0.15, -0.1) is 0 Å². The highest BCUT2D eigenvalue weighted by atomic mass is 32.2. The Labute approximate surface area is 137 Å². The second-order valence-corrected chi connectivity index (χ2v) is 6.88. The quantitative estimate of drug-likeness (QED) is 0.813. The number of benzene rings is 2. The van der Waals surface area contributed by atoms with Crippen molar-refractivity contribution in [2.75, 3.05) is 25.1 Å². The van der Waals surface area contributed by atoms with E-state index in [1.165, 1.54) is 11.4 Å². The fraction of sp³-hybridized carbons (Fsp3) is 0.294. The van der Waals surface area contributed by atoms with E-state index in [4.69, 9.17) is 9.47 Å². The Morgan fingerprint density at radius 1 is 1.00 bits per heavy atom. The average molecular weight is 335 g/mol. The van der Waals surface area contributed by atoms with E-state index in [9.17, 15) is 8.42 Å². The Morgan fingerprint density at radius 3 is 2.17 bits per heavy atom. The molecule has 0 aromatic heterocycles. The lowest BCUT2D eigenvalue weighted by Gasteiger charge is -2.25. The number of ether oxygens (including phenoxy) is 2. The van der Waals surface area contributed by atoms with Gasteiger partial charge in [0, 0.05) is 12.6 Å². The van der Waals surface area contributed by atoms with Crippen molar-refractivity contribution in [1.29, 1.82) is 0 Å². The first kappa shape index (κ1) is 17.1. The molecule has 0 radical (unpaired) electrons. The zero-order valence-corrected chi connectivity index (χ0v) is 14.6. The molecule has 5 nitrogen and oxygen atoms in total. The van der Waals surface area contributed by atoms with Gasteiger partial charge >= 0.3 is 0 Å². The minimum absolute atomic E-state index is 0.253. The summed E-state index contributed by atoms with van der Waals surface area (Å²) in [5.41, 5.74) is 1.49. The van der Waals surface area contributed by atoms with Gasteiger partial charge in [-0.2, -0.15) is 0 Å². The number of aryl methyl sites for hydroxylation is 1. The summed E-state index contributed by atoms with van der Waals surface area (Å²) in [5, 5.41) is 0. The van der Waals surface area contributed by atoms with Gasteiger partial charge in [0.1, 0.15) is 11.5 Å². The number of anilines is 1. The fourth-order valence-corrected chi connectivity index (χ4v) is 3.78. The maximum atomic E-state index is 12.9. The van der Waals surface area contributed by atoms with Gasteiger partial charge in [-0.25, -0.2) is 8.42 Å². The van der Waals surface area contributed by atoms with Gasteiger partial charge in [0.2, 0.25) is 0 Å². The summed E-state index contributed by atoms with van der Waals surface area (Å²) in [4.78, 5) is 0.253. The predicted molar refractivity (Wildman–Crippen MR) is 90.9 cm³/mol. The third kappa shape index (κ3) is 3.42. The molecule has 2 rings (SSSR count). The first-order chi connectivity index (χ1) is 10.9. The third-order valence-electron chi connectivity index (χ3n) is 3.55. The summed E-state index contributed by atoms with van der Waals surface area (Å²) >= 11 is 0. The summed E-state index contributed by atoms with van der Waals surface area (Å²) < 4.78 is 37.7. The average Bonchev–Trinajstić information content (AvgIpc) is 2.56. The number of methoxy groups -OCH3 is 2. The summed E-state index contributed by atoms with van der Waals surface area (Å²) in [6.07, 6.45) is 0. The Hall–Kier alpha value is -2.21. The molecule has 0 fully saturated rings. The molecule has 0 spiro atoms. The highest BCUT2D eigenvalue weighted by Gasteiger charge is 2.26. The Bertz CT molecular complexity index is 770. The normalized spacial score (nSPS) is 11.1. The standard InChI is InChI=1S/C17H21NO4S/c1-5-18(16-11-8-14(21-3)12-17(16)22-4)23(19,20)15-9-6-13(2)7-10-15/h6-12H,5H2,1-4H3. The molecule has 0 aliphatic heterocycles. The van der Waals surface area contributed by atoms with Crippen molar-refractivity contribution in [2.45, 2.75) is 18.7 Å². The first-order valence-corrected chi connectivity index (χ1v) is 8.69. The highest BCUT2D eigenvalue weighted by molar-refractivity contribution is 7.92. The maximum absolute atomic E-state index is 12.9. The van der Waals surface area contributed by atoms with Gasteiger partial charge < -0.3 is 9.47 Å². The highest BCUT2D eigenvalue weighted by Crippen LogP contribution is 2.35. The molecule has 0 N–H and O–H groups in total. The first-order valence-electron chi connectivity index (χ1n) is 7.25. The van der Waals surface area contributed by atoms with Crippen molar-refractivity contribution in [3.8, 4) is 11.5 Å². The van der Waals surface area contributed by atoms with Crippen molar-refractivity contribution < 1.29 is 17.9 Å². The van der Waals surface area contributed by atoms with E-state index in [0.717, 1.165) is 5.56 Å². The van der Waals surface area contributed by atoms with Gasteiger partial charge in [0.15, 0.2) is 0 Å². The van der Waals surface area contributed by atoms with Crippen LogP contribution in [0.1, 0.15) is 12.5 Å². The van der Waals surface area contributed by atoms with E-state index in [1.807, 2.05) is 6.92 Å². The molecule has 23 heavy (non-hydrogen) atoms. The van der Waals surface area contributed by atoms with E-state index in [1.54, 1.807) is 56.5 Å². The number of rotatable bonds is 6. The fourth-order valence-electron chi connectivity index (χ4n) is 2.30. The van der Waals surface area contributed by atoms with Crippen LogP contribution >= 0.6 is 0 Å². The van der Waals surface area contributed by atoms with Crippen LogP contribution in [0.25, 0.3) is 0 Å². The topological polar surface area (TPSA) is 55.8 Å². The van der Waals surface area contributed by atoms with Crippen molar-refractivity contribution in [3.05, 3.63) is 48.0 Å². The molecular formula is C17H21NO4S. The molecule has 0 bridgehead atoms. The van der Waals surface area contributed by atoms with Gasteiger partial charge in [-0.3, -0.25) is 4.31 Å². The lowest BCUT2D eigenvalue weighted by molar-refractivity contribution is 0.395. The summed E-state index contributed by atoms with van der Waals surface area (Å²) in [5.74, 6) is 1.05. The second kappa shape index (κ2) is 6.91. The van der Waals surface area contributed by atoms with Crippen LogP contribution < -0.4 is 13.8 Å². The molecule has 2 aromatic carbocycles. The van der Waals surface area contributed by atoms with Crippen molar-refractivity contribution in [2.24, 2.45) is 0 Å². The molecule has 0 heterocycles. The smallest absolute Gasteiger partial charge is 0.264 e. The molecule has 0 unspecified atom stereocenters. The van der Waals surface area contributed by atoms with Crippen LogP contribution in [0.15, 0.2) is 47.4 Å². The zero-order chi connectivity index (χ0) is 17.0. The Kier molecular flexibility index (Phi) is 5.15. The molecule has 0 aliphatic carbocycles. The lowest BCUT2D eigenvalue weighted by Crippen LogP contribution is -2.31. The van der Waals surface area contributed by atoms with Crippen LogP contribution in [0, 0.1) is 6.92 Å². The summed E-state index contributed by atoms with van der Waals surface area (Å²) in [6.45, 7) is 3.99. The zero-order valence-electron chi connectivity index (χ0n) is 13.7. The van der Waals surface area contributed by atoms with Gasteiger partial charge in [-0.1, -0.05) is 17.7 Å². The molecular weight excluding hydrogens is 314 g/mol. The van der Waals surface area contributed by atoms with E-state index >= 15 is 0 Å². The van der Waals surface area contributed by atoms with E-state index in [-0.39, 0.29) is 4.90 Å². The minimum atomic E-state index is -3.66. The molecule has 0 aliphatic rings. The maximum Gasteiger partial charge on any atom is 0.264 e. The lowest BCUT2D eigenvalue weighted by atomic mass is 10.2. The van der Waals surface area contributed by atoms with Crippen LogP contribution in [0.5, 0.6) is 11.5 Å². The van der Waals surface area contributed by atoms with Gasteiger partial charge in [-0.05, 0) is 38.1 Å². The van der Waals surface area contributed by atoms with Gasteiger partial charge in [0.05, 0.1) is 24.8 Å². The second-order valence-electron chi connectivity index (χ2n) is 5.02. The van der Waals surface area contributed by atoms with Crippen LogP contribution in [0.3, 0.4) is 0 Å². The molecule has 124 valence electrons. The largest absolute Gasteiger partial charge is 0.497 e. The monoisotopic (exact) mass is 335 g/mol. The van der Waals surface area contributed by atoms with Gasteiger partial charge in [0.25, 0.3) is 10.0 Å². The van der Waals surface area contributed by atoms with E-state index < -0.39 is 10.0 Å². The molecule has 6 heteroatoms. The molecule has 0 saturated heterocycles. The number of hydrogen-bond donors (Lipinski definition) is 0.